The first kappa shape index (κ1) is 14.3. The van der Waals surface area contributed by atoms with Crippen LogP contribution in [0.3, 0.4) is 0 Å². The second kappa shape index (κ2) is 7.55. The smallest absolute Gasteiger partial charge is 0.333 e. The number of methoxy groups -OCH3 is 1. The standard InChI is InChI=1S/C13H19N3O2/c1-4-11(13(17)18-3)5-6-14-8-12-9-15-10(2)7-16-12/h5,7,9,14H,4,6,8H2,1-3H3. The van der Waals surface area contributed by atoms with Gasteiger partial charge in [0.2, 0.25) is 0 Å². The van der Waals surface area contributed by atoms with Crippen molar-refractivity contribution in [3.05, 3.63) is 35.4 Å². The van der Waals surface area contributed by atoms with Gasteiger partial charge in [0, 0.05) is 31.1 Å². The van der Waals surface area contributed by atoms with Crippen LogP contribution >= 0.6 is 0 Å². The van der Waals surface area contributed by atoms with E-state index >= 15 is 0 Å². The summed E-state index contributed by atoms with van der Waals surface area (Å²) in [5.74, 6) is -0.269. The molecule has 0 aliphatic heterocycles. The second-order valence-electron chi connectivity index (χ2n) is 3.85. The van der Waals surface area contributed by atoms with Crippen LogP contribution in [0.4, 0.5) is 0 Å². The molecule has 5 heteroatoms. The summed E-state index contributed by atoms with van der Waals surface area (Å²) in [6.45, 7) is 5.06. The van der Waals surface area contributed by atoms with Gasteiger partial charge in [0.15, 0.2) is 0 Å². The van der Waals surface area contributed by atoms with Gasteiger partial charge in [-0.3, -0.25) is 9.97 Å². The molecule has 0 aromatic carbocycles. The molecule has 5 nitrogen and oxygen atoms in total. The van der Waals surface area contributed by atoms with Crippen LogP contribution in [0.5, 0.6) is 0 Å². The summed E-state index contributed by atoms with van der Waals surface area (Å²) in [6.07, 6.45) is 5.98. The fourth-order valence-corrected chi connectivity index (χ4v) is 1.41. The Kier molecular flexibility index (Phi) is 6.00. The fraction of sp³-hybridized carbons (Fsp3) is 0.462. The summed E-state index contributed by atoms with van der Waals surface area (Å²) in [5, 5.41) is 3.18. The second-order valence-corrected chi connectivity index (χ2v) is 3.85. The SMILES string of the molecule is CCC(=CCNCc1cnc(C)cn1)C(=O)OC. The third kappa shape index (κ3) is 4.63. The van der Waals surface area contributed by atoms with Crippen molar-refractivity contribution < 1.29 is 9.53 Å². The van der Waals surface area contributed by atoms with Crippen LogP contribution in [0.25, 0.3) is 0 Å². The summed E-state index contributed by atoms with van der Waals surface area (Å²) >= 11 is 0. The molecule has 0 spiro atoms. The maximum absolute atomic E-state index is 11.3. The molecule has 1 rings (SSSR count). The zero-order chi connectivity index (χ0) is 13.4. The first-order valence-corrected chi connectivity index (χ1v) is 5.93. The van der Waals surface area contributed by atoms with Crippen molar-refractivity contribution in [2.75, 3.05) is 13.7 Å². The predicted molar refractivity (Wildman–Crippen MR) is 68.9 cm³/mol. The Morgan fingerprint density at radius 1 is 1.44 bits per heavy atom. The summed E-state index contributed by atoms with van der Waals surface area (Å²) in [6, 6.07) is 0. The summed E-state index contributed by atoms with van der Waals surface area (Å²) in [4.78, 5) is 19.7. The molecule has 0 aliphatic carbocycles. The highest BCUT2D eigenvalue weighted by Gasteiger charge is 2.05. The van der Waals surface area contributed by atoms with E-state index in [2.05, 4.69) is 20.0 Å². The van der Waals surface area contributed by atoms with Gasteiger partial charge in [-0.1, -0.05) is 13.0 Å². The number of carbonyl (C=O) groups is 1. The minimum Gasteiger partial charge on any atom is -0.466 e. The molecule has 98 valence electrons. The van der Waals surface area contributed by atoms with Gasteiger partial charge in [-0.05, 0) is 13.3 Å². The lowest BCUT2D eigenvalue weighted by Crippen LogP contribution is -2.16. The number of aromatic nitrogens is 2. The van der Waals surface area contributed by atoms with E-state index in [0.717, 1.165) is 11.4 Å². The molecule has 1 aromatic rings. The minimum absolute atomic E-state index is 0.269. The first-order chi connectivity index (χ1) is 8.67. The molecule has 0 radical (unpaired) electrons. The molecule has 18 heavy (non-hydrogen) atoms. The van der Waals surface area contributed by atoms with E-state index in [-0.39, 0.29) is 5.97 Å². The summed E-state index contributed by atoms with van der Waals surface area (Å²) in [5.41, 5.74) is 2.46. The van der Waals surface area contributed by atoms with Crippen molar-refractivity contribution in [3.8, 4) is 0 Å². The molecule has 0 bridgehead atoms. The van der Waals surface area contributed by atoms with Crippen molar-refractivity contribution in [2.45, 2.75) is 26.8 Å². The number of hydrogen-bond acceptors (Lipinski definition) is 5. The molecule has 0 saturated carbocycles. The van der Waals surface area contributed by atoms with Crippen LogP contribution in [0.15, 0.2) is 24.0 Å². The lowest BCUT2D eigenvalue weighted by Gasteiger charge is -2.04. The number of ether oxygens (including phenoxy) is 1. The Morgan fingerprint density at radius 3 is 2.78 bits per heavy atom. The van der Waals surface area contributed by atoms with Crippen molar-refractivity contribution in [2.24, 2.45) is 0 Å². The number of carbonyl (C=O) groups excluding carboxylic acids is 1. The highest BCUT2D eigenvalue weighted by Crippen LogP contribution is 2.02. The van der Waals surface area contributed by atoms with E-state index < -0.39 is 0 Å². The van der Waals surface area contributed by atoms with Crippen LogP contribution in [0.2, 0.25) is 0 Å². The van der Waals surface area contributed by atoms with Crippen LogP contribution < -0.4 is 5.32 Å². The normalized spacial score (nSPS) is 11.4. The fourth-order valence-electron chi connectivity index (χ4n) is 1.41. The maximum Gasteiger partial charge on any atom is 0.333 e. The van der Waals surface area contributed by atoms with Gasteiger partial charge in [-0.2, -0.15) is 0 Å². The summed E-state index contributed by atoms with van der Waals surface area (Å²) < 4.78 is 4.67. The number of hydrogen-bond donors (Lipinski definition) is 1. The van der Waals surface area contributed by atoms with Crippen molar-refractivity contribution >= 4 is 5.97 Å². The van der Waals surface area contributed by atoms with E-state index in [0.29, 0.717) is 25.1 Å². The van der Waals surface area contributed by atoms with Gasteiger partial charge in [0.1, 0.15) is 0 Å². The molecule has 1 N–H and O–H groups in total. The molecular formula is C13H19N3O2. The van der Waals surface area contributed by atoms with Crippen LogP contribution in [-0.4, -0.2) is 29.6 Å². The van der Waals surface area contributed by atoms with Crippen molar-refractivity contribution in [3.63, 3.8) is 0 Å². The third-order valence-electron chi connectivity index (χ3n) is 2.46. The van der Waals surface area contributed by atoms with Gasteiger partial charge in [0.05, 0.1) is 18.5 Å². The zero-order valence-electron chi connectivity index (χ0n) is 11.1. The molecule has 0 fully saturated rings. The van der Waals surface area contributed by atoms with Gasteiger partial charge < -0.3 is 10.1 Å². The molecule has 0 atom stereocenters. The molecule has 0 amide bonds. The van der Waals surface area contributed by atoms with Crippen LogP contribution in [-0.2, 0) is 16.1 Å². The lowest BCUT2D eigenvalue weighted by molar-refractivity contribution is -0.136. The Balaban J connectivity index is 2.39. The number of nitrogens with zero attached hydrogens (tertiary/aromatic N) is 2. The average molecular weight is 249 g/mol. The third-order valence-corrected chi connectivity index (χ3v) is 2.46. The first-order valence-electron chi connectivity index (χ1n) is 5.93. The zero-order valence-corrected chi connectivity index (χ0v) is 11.1. The quantitative estimate of drug-likeness (QED) is 0.469. The Hall–Kier alpha value is -1.75. The summed E-state index contributed by atoms with van der Waals surface area (Å²) in [7, 11) is 1.39. The monoisotopic (exact) mass is 249 g/mol. The van der Waals surface area contributed by atoms with Crippen LogP contribution in [0.1, 0.15) is 24.7 Å². The maximum atomic E-state index is 11.3. The average Bonchev–Trinajstić information content (AvgIpc) is 2.40. The highest BCUT2D eigenvalue weighted by molar-refractivity contribution is 5.88. The predicted octanol–water partition coefficient (Wildman–Crippen LogP) is 1.38. The van der Waals surface area contributed by atoms with E-state index in [1.165, 1.54) is 7.11 Å². The van der Waals surface area contributed by atoms with Gasteiger partial charge in [-0.25, -0.2) is 4.79 Å². The van der Waals surface area contributed by atoms with E-state index in [1.807, 2.05) is 19.9 Å². The highest BCUT2D eigenvalue weighted by atomic mass is 16.5. The topological polar surface area (TPSA) is 64.1 Å². The van der Waals surface area contributed by atoms with Gasteiger partial charge in [0.25, 0.3) is 0 Å². The number of aryl methyl sites for hydroxylation is 1. The number of esters is 1. The number of nitrogens with one attached hydrogen (secondary N) is 1. The largest absolute Gasteiger partial charge is 0.466 e. The molecule has 0 unspecified atom stereocenters. The van der Waals surface area contributed by atoms with E-state index in [1.54, 1.807) is 12.4 Å². The van der Waals surface area contributed by atoms with Crippen molar-refractivity contribution in [1.29, 1.82) is 0 Å². The Morgan fingerprint density at radius 2 is 2.22 bits per heavy atom. The van der Waals surface area contributed by atoms with Crippen LogP contribution in [0, 0.1) is 6.92 Å². The molecular weight excluding hydrogens is 230 g/mol. The minimum atomic E-state index is -0.269. The molecule has 1 heterocycles. The molecule has 1 aromatic heterocycles. The molecule has 0 aliphatic rings. The van der Waals surface area contributed by atoms with E-state index in [4.69, 9.17) is 0 Å². The Labute approximate surface area is 107 Å². The van der Waals surface area contributed by atoms with Crippen molar-refractivity contribution in [1.82, 2.24) is 15.3 Å². The Bertz CT molecular complexity index is 413. The molecule has 0 saturated heterocycles. The van der Waals surface area contributed by atoms with Gasteiger partial charge >= 0.3 is 5.97 Å². The van der Waals surface area contributed by atoms with Gasteiger partial charge in [-0.15, -0.1) is 0 Å². The number of rotatable bonds is 6. The lowest BCUT2D eigenvalue weighted by atomic mass is 10.2. The van der Waals surface area contributed by atoms with E-state index in [9.17, 15) is 4.79 Å².